The molecule has 1 amide bonds. The molecule has 106 valence electrons. The minimum atomic E-state index is -5.18. The largest absolute Gasteiger partial charge is 0.363 e. The Morgan fingerprint density at radius 2 is 1.72 bits per heavy atom. The first kappa shape index (κ1) is 15.8. The summed E-state index contributed by atoms with van der Waals surface area (Å²) >= 11 is 0. The predicted octanol–water partition coefficient (Wildman–Crippen LogP) is 0.416. The van der Waals surface area contributed by atoms with Gasteiger partial charge in [0, 0.05) is 18.9 Å². The first-order chi connectivity index (χ1) is 7.99. The zero-order valence-electron chi connectivity index (χ0n) is 10.1. The zero-order chi connectivity index (χ0) is 14.4. The number of nitrogens with zero attached hydrogens (tertiary/aromatic N) is 1. The van der Waals surface area contributed by atoms with E-state index >= 15 is 0 Å². The molecule has 0 bridgehead atoms. The van der Waals surface area contributed by atoms with Crippen LogP contribution in [-0.4, -0.2) is 41.4 Å². The van der Waals surface area contributed by atoms with Gasteiger partial charge in [-0.3, -0.25) is 13.9 Å². The van der Waals surface area contributed by atoms with Gasteiger partial charge in [-0.05, 0) is 13.3 Å². The highest BCUT2D eigenvalue weighted by Gasteiger charge is 2.68. The topological polar surface area (TPSA) is 135 Å². The van der Waals surface area contributed by atoms with E-state index in [9.17, 15) is 33.5 Å². The molecule has 0 aromatic heterocycles. The first-order valence-electron chi connectivity index (χ1n) is 5.42. The second kappa shape index (κ2) is 4.71. The Bertz CT molecular complexity index is 417. The van der Waals surface area contributed by atoms with Gasteiger partial charge in [0.2, 0.25) is 10.9 Å². The minimum Gasteiger partial charge on any atom is -0.322 e. The normalized spacial score (nSPS) is 22.3. The van der Waals surface area contributed by atoms with Crippen molar-refractivity contribution in [2.45, 2.75) is 44.2 Å². The molecule has 1 atom stereocenters. The summed E-state index contributed by atoms with van der Waals surface area (Å²) in [6.07, 6.45) is -0.473. The monoisotopic (exact) mass is 301 g/mol. The van der Waals surface area contributed by atoms with E-state index in [1.807, 2.05) is 0 Å². The van der Waals surface area contributed by atoms with Gasteiger partial charge >= 0.3 is 15.2 Å². The van der Waals surface area contributed by atoms with Crippen LogP contribution >= 0.6 is 15.2 Å². The summed E-state index contributed by atoms with van der Waals surface area (Å²) in [4.78, 5) is 49.9. The zero-order valence-corrected chi connectivity index (χ0v) is 11.8. The summed E-state index contributed by atoms with van der Waals surface area (Å²) in [5.74, 6) is -0.643. The third kappa shape index (κ3) is 2.18. The van der Waals surface area contributed by atoms with Crippen LogP contribution in [0, 0.1) is 0 Å². The average molecular weight is 301 g/mol. The van der Waals surface area contributed by atoms with E-state index in [0.717, 1.165) is 0 Å². The average Bonchev–Trinajstić information content (AvgIpc) is 2.54. The number of likely N-dealkylation sites (tertiary alicyclic amines) is 1. The maximum absolute atomic E-state index is 11.7. The number of carbonyl (C=O) groups excluding carboxylic acids is 1. The summed E-state index contributed by atoms with van der Waals surface area (Å²) in [5.41, 5.74) is 0. The van der Waals surface area contributed by atoms with Crippen molar-refractivity contribution < 1.29 is 33.5 Å². The van der Waals surface area contributed by atoms with Crippen LogP contribution in [-0.2, 0) is 13.9 Å². The second-order valence-electron chi connectivity index (χ2n) is 4.38. The predicted molar refractivity (Wildman–Crippen MR) is 62.7 cm³/mol. The number of hydrogen-bond acceptors (Lipinski definition) is 3. The van der Waals surface area contributed by atoms with Crippen molar-refractivity contribution in [2.75, 3.05) is 0 Å². The van der Waals surface area contributed by atoms with Crippen LogP contribution in [0.3, 0.4) is 0 Å². The highest BCUT2D eigenvalue weighted by molar-refractivity contribution is 7.72. The van der Waals surface area contributed by atoms with Gasteiger partial charge in [0.05, 0.1) is 0 Å². The SMILES string of the molecule is CCC(C)N1C(=O)CCC1(P(=O)(O)O)P(=O)(O)O. The summed E-state index contributed by atoms with van der Waals surface area (Å²) in [5, 5.41) is -2.70. The highest BCUT2D eigenvalue weighted by Crippen LogP contribution is 2.74. The van der Waals surface area contributed by atoms with Gasteiger partial charge < -0.3 is 24.5 Å². The fourth-order valence-electron chi connectivity index (χ4n) is 2.24. The van der Waals surface area contributed by atoms with Crippen LogP contribution in [0.15, 0.2) is 0 Å². The van der Waals surface area contributed by atoms with Crippen LogP contribution in [0.25, 0.3) is 0 Å². The quantitative estimate of drug-likeness (QED) is 0.552. The maximum Gasteiger partial charge on any atom is 0.363 e. The van der Waals surface area contributed by atoms with E-state index in [4.69, 9.17) is 0 Å². The Labute approximate surface area is 104 Å². The number of amides is 1. The smallest absolute Gasteiger partial charge is 0.322 e. The van der Waals surface area contributed by atoms with Crippen molar-refractivity contribution in [3.8, 4) is 0 Å². The molecule has 0 aliphatic carbocycles. The molecule has 0 aromatic rings. The summed E-state index contributed by atoms with van der Waals surface area (Å²) in [6, 6.07) is -0.653. The number of carbonyl (C=O) groups is 1. The summed E-state index contributed by atoms with van der Waals surface area (Å²) < 4.78 is 23.2. The molecule has 0 saturated carbocycles. The Hall–Kier alpha value is -0.230. The maximum atomic E-state index is 11.7. The molecule has 4 N–H and O–H groups in total. The molecule has 18 heavy (non-hydrogen) atoms. The molecule has 1 rings (SSSR count). The molecule has 1 unspecified atom stereocenters. The van der Waals surface area contributed by atoms with Crippen LogP contribution < -0.4 is 0 Å². The fraction of sp³-hybridized carbons (Fsp3) is 0.875. The third-order valence-corrected chi connectivity index (χ3v) is 7.60. The molecule has 8 nitrogen and oxygen atoms in total. The summed E-state index contributed by atoms with van der Waals surface area (Å²) in [7, 11) is -10.4. The standard InChI is InChI=1S/C8H17NO7P2/c1-3-6(2)9-7(10)4-5-8(9,17(11,12)13)18(14,15)16/h6H,3-5H2,1-2H3,(H2,11,12,13)(H2,14,15,16). The van der Waals surface area contributed by atoms with Crippen molar-refractivity contribution >= 4 is 21.1 Å². The van der Waals surface area contributed by atoms with Gasteiger partial charge in [0.25, 0.3) is 0 Å². The summed E-state index contributed by atoms with van der Waals surface area (Å²) in [6.45, 7) is 3.17. The lowest BCUT2D eigenvalue weighted by Crippen LogP contribution is -2.49. The van der Waals surface area contributed by atoms with Gasteiger partial charge in [0.1, 0.15) is 0 Å². The van der Waals surface area contributed by atoms with Crippen molar-refractivity contribution in [3.63, 3.8) is 0 Å². The lowest BCUT2D eigenvalue weighted by atomic mass is 10.2. The first-order valence-corrected chi connectivity index (χ1v) is 8.65. The molecule has 1 aliphatic rings. The van der Waals surface area contributed by atoms with E-state index in [-0.39, 0.29) is 6.42 Å². The van der Waals surface area contributed by atoms with Gasteiger partial charge in [-0.2, -0.15) is 0 Å². The molecule has 1 saturated heterocycles. The highest BCUT2D eigenvalue weighted by atomic mass is 31.2. The van der Waals surface area contributed by atoms with E-state index in [1.165, 1.54) is 6.92 Å². The molecular formula is C8H17NO7P2. The van der Waals surface area contributed by atoms with Crippen LogP contribution in [0.1, 0.15) is 33.1 Å². The Kier molecular flexibility index (Phi) is 4.14. The molecule has 1 fully saturated rings. The molecule has 10 heteroatoms. The van der Waals surface area contributed by atoms with Crippen LogP contribution in [0.2, 0.25) is 0 Å². The van der Waals surface area contributed by atoms with Crippen molar-refractivity contribution in [2.24, 2.45) is 0 Å². The lowest BCUT2D eigenvalue weighted by Gasteiger charge is -2.41. The Balaban J connectivity index is 3.49. The Morgan fingerprint density at radius 1 is 1.28 bits per heavy atom. The van der Waals surface area contributed by atoms with Gasteiger partial charge in [-0.25, -0.2) is 0 Å². The van der Waals surface area contributed by atoms with Gasteiger partial charge in [0.15, 0.2) is 0 Å². The van der Waals surface area contributed by atoms with E-state index < -0.39 is 38.6 Å². The molecule has 0 radical (unpaired) electrons. The Morgan fingerprint density at radius 3 is 2.06 bits per heavy atom. The van der Waals surface area contributed by atoms with Gasteiger partial charge in [-0.1, -0.05) is 6.92 Å². The van der Waals surface area contributed by atoms with Crippen LogP contribution in [0.5, 0.6) is 0 Å². The molecular weight excluding hydrogens is 284 g/mol. The minimum absolute atomic E-state index is 0.277. The van der Waals surface area contributed by atoms with Crippen LogP contribution in [0.4, 0.5) is 0 Å². The molecule has 0 spiro atoms. The van der Waals surface area contributed by atoms with Crippen molar-refractivity contribution in [1.29, 1.82) is 0 Å². The third-order valence-electron chi connectivity index (χ3n) is 3.29. The van der Waals surface area contributed by atoms with Crippen molar-refractivity contribution in [3.05, 3.63) is 0 Å². The lowest BCUT2D eigenvalue weighted by molar-refractivity contribution is -0.131. The number of rotatable bonds is 4. The van der Waals surface area contributed by atoms with E-state index in [2.05, 4.69) is 0 Å². The number of hydrogen-bond donors (Lipinski definition) is 4. The van der Waals surface area contributed by atoms with Gasteiger partial charge in [-0.15, -0.1) is 0 Å². The second-order valence-corrected chi connectivity index (χ2v) is 8.39. The van der Waals surface area contributed by atoms with E-state index in [0.29, 0.717) is 11.3 Å². The van der Waals surface area contributed by atoms with Crippen molar-refractivity contribution in [1.82, 2.24) is 4.90 Å². The fourth-order valence-corrected chi connectivity index (χ4v) is 5.58. The van der Waals surface area contributed by atoms with E-state index in [1.54, 1.807) is 6.92 Å². The molecule has 0 aromatic carbocycles. The molecule has 1 heterocycles. The molecule has 1 aliphatic heterocycles.